The zero-order valence-electron chi connectivity index (χ0n) is 13.9. The van der Waals surface area contributed by atoms with Crippen molar-refractivity contribution in [1.29, 1.82) is 0 Å². The maximum Gasteiger partial charge on any atom is 0.328 e. The lowest BCUT2D eigenvalue weighted by atomic mass is 10.0. The minimum atomic E-state index is -0.644. The Morgan fingerprint density at radius 1 is 1.25 bits per heavy atom. The second-order valence-corrected chi connectivity index (χ2v) is 5.78. The Morgan fingerprint density at radius 3 is 2.67 bits per heavy atom. The number of benzene rings is 1. The fourth-order valence-corrected chi connectivity index (χ4v) is 2.85. The molecule has 24 heavy (non-hydrogen) atoms. The van der Waals surface area contributed by atoms with Crippen LogP contribution < -0.4 is 4.74 Å². The highest BCUT2D eigenvalue weighted by molar-refractivity contribution is 6.24. The SMILES string of the molecule is COc1ccc(CCCOC(=O)C2CCCCN2C(=O)C=O)cc1. The predicted molar refractivity (Wildman–Crippen MR) is 87.7 cm³/mol. The molecule has 1 aromatic rings. The maximum absolute atomic E-state index is 12.2. The van der Waals surface area contributed by atoms with Crippen molar-refractivity contribution in [1.82, 2.24) is 4.90 Å². The Kier molecular flexibility index (Phi) is 6.78. The molecule has 1 aliphatic heterocycles. The van der Waals surface area contributed by atoms with E-state index in [9.17, 15) is 14.4 Å². The van der Waals surface area contributed by atoms with Gasteiger partial charge in [0.2, 0.25) is 6.29 Å². The van der Waals surface area contributed by atoms with Crippen LogP contribution in [0.4, 0.5) is 0 Å². The van der Waals surface area contributed by atoms with Crippen LogP contribution in [0.2, 0.25) is 0 Å². The molecule has 130 valence electrons. The van der Waals surface area contributed by atoms with E-state index in [2.05, 4.69) is 0 Å². The minimum Gasteiger partial charge on any atom is -0.497 e. The van der Waals surface area contributed by atoms with E-state index in [0.717, 1.165) is 30.6 Å². The second-order valence-electron chi connectivity index (χ2n) is 5.78. The third-order valence-electron chi connectivity index (χ3n) is 4.17. The van der Waals surface area contributed by atoms with Gasteiger partial charge in [0, 0.05) is 6.54 Å². The van der Waals surface area contributed by atoms with Crippen LogP contribution in [-0.2, 0) is 25.5 Å². The number of aryl methyl sites for hydroxylation is 1. The van der Waals surface area contributed by atoms with Gasteiger partial charge in [-0.05, 0) is 49.8 Å². The molecule has 2 rings (SSSR count). The van der Waals surface area contributed by atoms with Gasteiger partial charge in [0.1, 0.15) is 11.8 Å². The number of carbonyl (C=O) groups excluding carboxylic acids is 3. The number of hydrogen-bond acceptors (Lipinski definition) is 5. The minimum absolute atomic E-state index is 0.259. The van der Waals surface area contributed by atoms with Crippen LogP contribution in [-0.4, -0.2) is 49.4 Å². The number of rotatable bonds is 7. The summed E-state index contributed by atoms with van der Waals surface area (Å²) in [6.45, 7) is 0.730. The number of likely N-dealkylation sites (tertiary alicyclic amines) is 1. The predicted octanol–water partition coefficient (Wildman–Crippen LogP) is 1.75. The normalized spacial score (nSPS) is 17.2. The molecule has 1 amide bonds. The van der Waals surface area contributed by atoms with Gasteiger partial charge in [-0.15, -0.1) is 0 Å². The molecule has 0 saturated carbocycles. The zero-order chi connectivity index (χ0) is 17.4. The van der Waals surface area contributed by atoms with Crippen LogP contribution in [0.25, 0.3) is 0 Å². The number of ether oxygens (including phenoxy) is 2. The van der Waals surface area contributed by atoms with Gasteiger partial charge in [0.15, 0.2) is 0 Å². The Labute approximate surface area is 141 Å². The molecule has 1 heterocycles. The van der Waals surface area contributed by atoms with E-state index in [1.165, 1.54) is 4.90 Å². The molecule has 6 nitrogen and oxygen atoms in total. The Morgan fingerprint density at radius 2 is 2.00 bits per heavy atom. The van der Waals surface area contributed by atoms with Gasteiger partial charge in [-0.2, -0.15) is 0 Å². The van der Waals surface area contributed by atoms with Crippen molar-refractivity contribution in [3.63, 3.8) is 0 Å². The molecular weight excluding hydrogens is 310 g/mol. The third kappa shape index (κ3) is 4.81. The largest absolute Gasteiger partial charge is 0.497 e. The molecule has 0 aliphatic carbocycles. The number of aldehydes is 1. The van der Waals surface area contributed by atoms with Gasteiger partial charge in [-0.1, -0.05) is 12.1 Å². The van der Waals surface area contributed by atoms with E-state index in [4.69, 9.17) is 9.47 Å². The smallest absolute Gasteiger partial charge is 0.328 e. The number of piperidine rings is 1. The van der Waals surface area contributed by atoms with Crippen LogP contribution in [0.15, 0.2) is 24.3 Å². The first-order valence-corrected chi connectivity index (χ1v) is 8.21. The molecule has 1 saturated heterocycles. The maximum atomic E-state index is 12.2. The van der Waals surface area contributed by atoms with E-state index in [1.54, 1.807) is 7.11 Å². The number of methoxy groups -OCH3 is 1. The summed E-state index contributed by atoms with van der Waals surface area (Å²) in [5, 5.41) is 0. The van der Waals surface area contributed by atoms with E-state index in [1.807, 2.05) is 24.3 Å². The summed E-state index contributed by atoms with van der Waals surface area (Å²) in [5.41, 5.74) is 1.14. The Balaban J connectivity index is 1.77. The summed E-state index contributed by atoms with van der Waals surface area (Å²) in [5.74, 6) is -0.253. The molecular formula is C18H23NO5. The van der Waals surface area contributed by atoms with Crippen LogP contribution in [0.5, 0.6) is 5.75 Å². The molecule has 1 aromatic carbocycles. The highest BCUT2D eigenvalue weighted by Gasteiger charge is 2.32. The van der Waals surface area contributed by atoms with Crippen LogP contribution in [0.3, 0.4) is 0 Å². The monoisotopic (exact) mass is 333 g/mol. The van der Waals surface area contributed by atoms with Crippen molar-refractivity contribution in [3.8, 4) is 5.75 Å². The van der Waals surface area contributed by atoms with E-state index < -0.39 is 17.9 Å². The molecule has 1 atom stereocenters. The number of hydrogen-bond donors (Lipinski definition) is 0. The average molecular weight is 333 g/mol. The van der Waals surface area contributed by atoms with Gasteiger partial charge in [-0.3, -0.25) is 9.59 Å². The van der Waals surface area contributed by atoms with Gasteiger partial charge in [0.25, 0.3) is 5.91 Å². The highest BCUT2D eigenvalue weighted by Crippen LogP contribution is 2.18. The summed E-state index contributed by atoms with van der Waals surface area (Å²) in [6, 6.07) is 7.12. The van der Waals surface area contributed by atoms with Crippen molar-refractivity contribution in [3.05, 3.63) is 29.8 Å². The summed E-state index contributed by atoms with van der Waals surface area (Å²) >= 11 is 0. The molecule has 1 unspecified atom stereocenters. The quantitative estimate of drug-likeness (QED) is 0.329. The van der Waals surface area contributed by atoms with E-state index in [0.29, 0.717) is 26.0 Å². The van der Waals surface area contributed by atoms with Crippen LogP contribution in [0.1, 0.15) is 31.2 Å². The second kappa shape index (κ2) is 9.05. The number of esters is 1. The lowest BCUT2D eigenvalue weighted by molar-refractivity contribution is -0.157. The molecule has 0 N–H and O–H groups in total. The third-order valence-corrected chi connectivity index (χ3v) is 4.17. The number of carbonyl (C=O) groups is 3. The van der Waals surface area contributed by atoms with Crippen molar-refractivity contribution in [2.45, 2.75) is 38.1 Å². The van der Waals surface area contributed by atoms with Gasteiger partial charge in [0.05, 0.1) is 13.7 Å². The van der Waals surface area contributed by atoms with Crippen LogP contribution in [0, 0.1) is 0 Å². The fourth-order valence-electron chi connectivity index (χ4n) is 2.85. The van der Waals surface area contributed by atoms with Crippen molar-refractivity contribution in [2.75, 3.05) is 20.3 Å². The Bertz CT molecular complexity index is 569. The molecule has 0 radical (unpaired) electrons. The highest BCUT2D eigenvalue weighted by atomic mass is 16.5. The lowest BCUT2D eigenvalue weighted by Crippen LogP contribution is -2.49. The molecule has 6 heteroatoms. The molecule has 0 aromatic heterocycles. The van der Waals surface area contributed by atoms with Gasteiger partial charge < -0.3 is 14.4 Å². The number of amides is 1. The lowest BCUT2D eigenvalue weighted by Gasteiger charge is -2.32. The Hall–Kier alpha value is -2.37. The first-order valence-electron chi connectivity index (χ1n) is 8.21. The topological polar surface area (TPSA) is 72.9 Å². The standard InChI is InChI=1S/C18H23NO5/c1-23-15-9-7-14(8-10-15)5-4-12-24-18(22)16-6-2-3-11-19(16)17(21)13-20/h7-10,13,16H,2-6,11-12H2,1H3. The average Bonchev–Trinajstić information content (AvgIpc) is 2.64. The van der Waals surface area contributed by atoms with E-state index >= 15 is 0 Å². The van der Waals surface area contributed by atoms with Crippen molar-refractivity contribution in [2.24, 2.45) is 0 Å². The summed E-state index contributed by atoms with van der Waals surface area (Å²) < 4.78 is 10.4. The van der Waals surface area contributed by atoms with Crippen LogP contribution >= 0.6 is 0 Å². The summed E-state index contributed by atoms with van der Waals surface area (Å²) in [7, 11) is 1.62. The molecule has 0 bridgehead atoms. The zero-order valence-corrected chi connectivity index (χ0v) is 13.9. The summed E-state index contributed by atoms with van der Waals surface area (Å²) in [4.78, 5) is 35.8. The van der Waals surface area contributed by atoms with Gasteiger partial charge in [-0.25, -0.2) is 4.79 Å². The molecule has 1 fully saturated rings. The van der Waals surface area contributed by atoms with Crippen molar-refractivity contribution < 1.29 is 23.9 Å². The van der Waals surface area contributed by atoms with E-state index in [-0.39, 0.29) is 6.29 Å². The first kappa shape index (κ1) is 18.0. The number of nitrogens with zero attached hydrogens (tertiary/aromatic N) is 1. The van der Waals surface area contributed by atoms with Gasteiger partial charge >= 0.3 is 5.97 Å². The fraction of sp³-hybridized carbons (Fsp3) is 0.500. The van der Waals surface area contributed by atoms with Crippen molar-refractivity contribution >= 4 is 18.2 Å². The molecule has 0 spiro atoms. The first-order chi connectivity index (χ1) is 11.7. The summed E-state index contributed by atoms with van der Waals surface area (Å²) in [6.07, 6.45) is 3.96. The molecule has 1 aliphatic rings.